The largest absolute Gasteiger partial charge is 0.457 e. The lowest BCUT2D eigenvalue weighted by molar-refractivity contribution is -0.315. The van der Waals surface area contributed by atoms with Crippen molar-refractivity contribution in [3.05, 3.63) is 58.7 Å². The molecule has 0 aliphatic carbocycles. The first-order chi connectivity index (χ1) is 22.9. The van der Waals surface area contributed by atoms with Crippen molar-refractivity contribution >= 4 is 53.4 Å². The van der Waals surface area contributed by atoms with Crippen molar-refractivity contribution < 1.29 is 68.5 Å². The third kappa shape index (κ3) is 7.35. The summed E-state index contributed by atoms with van der Waals surface area (Å²) in [6, 6.07) is 8.19. The predicted octanol–water partition coefficient (Wildman–Crippen LogP) is -1.99. The predicted molar refractivity (Wildman–Crippen MR) is 159 cm³/mol. The van der Waals surface area contributed by atoms with Crippen LogP contribution in [0.25, 0.3) is 0 Å². The first-order valence-corrected chi connectivity index (χ1v) is 14.4. The normalized spacial score (nSPS) is 25.5. The standard InChI is InChI=1S/C30H30N4O14/c1-12(37)45-25-23(39)21(11-36)48-30(24(25)40)47-19(8-31-13-2-4-15-17(6-13)28(43)33-26(15)41)20(10-35)46-22(38)9-32-14-3-5-16-18(7-14)29(44)34-27(16)42/h2-9,19-25,30,35-36,38-40H,10-11H2,1H3,(H,33,41,43)(H,34,42,44)/t19-,20+,21-,22-,23+,24+,25-,30-/m0/s1. The van der Waals surface area contributed by atoms with Gasteiger partial charge >= 0.3 is 5.97 Å². The van der Waals surface area contributed by atoms with Gasteiger partial charge < -0.3 is 44.5 Å². The average molecular weight is 671 g/mol. The fourth-order valence-corrected chi connectivity index (χ4v) is 5.09. The summed E-state index contributed by atoms with van der Waals surface area (Å²) in [5.74, 6) is -3.26. The first-order valence-electron chi connectivity index (χ1n) is 14.4. The zero-order valence-electron chi connectivity index (χ0n) is 25.0. The Morgan fingerprint density at radius 1 is 0.875 bits per heavy atom. The molecular weight excluding hydrogens is 640 g/mol. The van der Waals surface area contributed by atoms with Crippen LogP contribution in [0.5, 0.6) is 0 Å². The van der Waals surface area contributed by atoms with Gasteiger partial charge in [-0.15, -0.1) is 0 Å². The Morgan fingerprint density at radius 2 is 1.42 bits per heavy atom. The number of carbonyl (C=O) groups excluding carboxylic acids is 5. The third-order valence-corrected chi connectivity index (χ3v) is 7.44. The molecule has 7 N–H and O–H groups in total. The molecule has 1 saturated heterocycles. The van der Waals surface area contributed by atoms with Crippen molar-refractivity contribution in [3.8, 4) is 0 Å². The van der Waals surface area contributed by atoms with Gasteiger partial charge in [-0.1, -0.05) is 0 Å². The lowest BCUT2D eigenvalue weighted by Crippen LogP contribution is -2.61. The fraction of sp³-hybridized carbons (Fsp3) is 0.367. The van der Waals surface area contributed by atoms with E-state index in [-0.39, 0.29) is 33.6 Å². The minimum absolute atomic E-state index is 0.0529. The number of hydrogen-bond donors (Lipinski definition) is 7. The van der Waals surface area contributed by atoms with Gasteiger partial charge in [0.25, 0.3) is 23.6 Å². The minimum Gasteiger partial charge on any atom is -0.457 e. The molecule has 18 nitrogen and oxygen atoms in total. The number of nitrogens with zero attached hydrogens (tertiary/aromatic N) is 2. The number of amides is 4. The summed E-state index contributed by atoms with van der Waals surface area (Å²) in [7, 11) is 0. The van der Waals surface area contributed by atoms with E-state index in [2.05, 4.69) is 20.6 Å². The van der Waals surface area contributed by atoms with Crippen molar-refractivity contribution in [1.29, 1.82) is 0 Å². The van der Waals surface area contributed by atoms with E-state index in [0.29, 0.717) is 0 Å². The zero-order chi connectivity index (χ0) is 34.7. The van der Waals surface area contributed by atoms with Gasteiger partial charge in [-0.2, -0.15) is 0 Å². The molecule has 18 heteroatoms. The second-order valence-electron chi connectivity index (χ2n) is 10.7. The van der Waals surface area contributed by atoms with Crippen LogP contribution in [0.1, 0.15) is 48.4 Å². The number of nitrogens with one attached hydrogen (secondary N) is 2. The van der Waals surface area contributed by atoms with Crippen molar-refractivity contribution in [1.82, 2.24) is 10.6 Å². The number of carbonyl (C=O) groups is 5. The topological polar surface area (TPSA) is 272 Å². The minimum atomic E-state index is -1.83. The van der Waals surface area contributed by atoms with Gasteiger partial charge in [-0.3, -0.25) is 44.6 Å². The number of aliphatic imine (C=N–C) groups is 2. The molecule has 3 heterocycles. The Balaban J connectivity index is 1.39. The number of hydrogen-bond acceptors (Lipinski definition) is 16. The fourth-order valence-electron chi connectivity index (χ4n) is 5.09. The number of benzene rings is 2. The number of aliphatic hydroxyl groups excluding tert-OH is 5. The molecule has 2 aromatic rings. The summed E-state index contributed by atoms with van der Waals surface area (Å²) in [4.78, 5) is 67.7. The van der Waals surface area contributed by atoms with E-state index in [9.17, 15) is 49.5 Å². The first kappa shape index (κ1) is 34.5. The Hall–Kier alpha value is -4.79. The highest BCUT2D eigenvalue weighted by Crippen LogP contribution is 2.28. The van der Waals surface area contributed by atoms with Crippen LogP contribution in [0, 0.1) is 0 Å². The molecule has 254 valence electrons. The molecule has 0 bridgehead atoms. The van der Waals surface area contributed by atoms with Gasteiger partial charge in [0.2, 0.25) is 0 Å². The van der Waals surface area contributed by atoms with Crippen LogP contribution in [0.3, 0.4) is 0 Å². The van der Waals surface area contributed by atoms with Gasteiger partial charge in [-0.05, 0) is 36.4 Å². The molecule has 4 amide bonds. The summed E-state index contributed by atoms with van der Waals surface area (Å²) in [5, 5.41) is 56.2. The van der Waals surface area contributed by atoms with E-state index in [1.165, 1.54) is 36.4 Å². The summed E-state index contributed by atoms with van der Waals surface area (Å²) in [5.41, 5.74) is 0.754. The van der Waals surface area contributed by atoms with Gasteiger partial charge in [-0.25, -0.2) is 0 Å². The lowest BCUT2D eigenvalue weighted by Gasteiger charge is -2.42. The highest BCUT2D eigenvalue weighted by molar-refractivity contribution is 6.22. The SMILES string of the molecule is CC(=O)O[C@@H]1[C@@H](O)[C@@H](O[C@@H](C=Nc2ccc3c(c2)C(=O)NC3=O)[C@@H](CO)O[C@H](O)C=Nc2ccc3c(c2)C(=O)NC3=O)O[C@@H](CO)[C@H]1O. The van der Waals surface area contributed by atoms with Crippen molar-refractivity contribution in [2.24, 2.45) is 9.98 Å². The van der Waals surface area contributed by atoms with Crippen LogP contribution in [-0.4, -0.2) is 130 Å². The smallest absolute Gasteiger partial charge is 0.303 e. The molecule has 3 aliphatic heterocycles. The third-order valence-electron chi connectivity index (χ3n) is 7.44. The lowest BCUT2D eigenvalue weighted by atomic mass is 9.99. The van der Waals surface area contributed by atoms with Crippen LogP contribution in [-0.2, 0) is 23.7 Å². The van der Waals surface area contributed by atoms with E-state index in [1.807, 2.05) is 0 Å². The van der Waals surface area contributed by atoms with E-state index in [1.54, 1.807) is 0 Å². The van der Waals surface area contributed by atoms with Gasteiger partial charge in [0.05, 0.1) is 53.1 Å². The summed E-state index contributed by atoms with van der Waals surface area (Å²) in [6.07, 6.45) is -11.0. The van der Waals surface area contributed by atoms with Crippen LogP contribution in [0.4, 0.5) is 11.4 Å². The molecule has 1 fully saturated rings. The summed E-state index contributed by atoms with van der Waals surface area (Å²) >= 11 is 0. The highest BCUT2D eigenvalue weighted by atomic mass is 16.7. The molecule has 0 unspecified atom stereocenters. The molecule has 48 heavy (non-hydrogen) atoms. The Bertz CT molecular complexity index is 1680. The number of imide groups is 2. The van der Waals surface area contributed by atoms with Gasteiger partial charge in [0.15, 0.2) is 18.7 Å². The molecule has 3 aliphatic rings. The second-order valence-corrected chi connectivity index (χ2v) is 10.7. The van der Waals surface area contributed by atoms with Crippen molar-refractivity contribution in [2.45, 2.75) is 56.1 Å². The summed E-state index contributed by atoms with van der Waals surface area (Å²) in [6.45, 7) is -0.575. The molecule has 0 spiro atoms. The Morgan fingerprint density at radius 3 is 1.94 bits per heavy atom. The maximum absolute atomic E-state index is 12.1. The highest BCUT2D eigenvalue weighted by Gasteiger charge is 2.48. The van der Waals surface area contributed by atoms with E-state index in [0.717, 1.165) is 19.4 Å². The quantitative estimate of drug-likeness (QED) is 0.0558. The molecular formula is C30H30N4O14. The average Bonchev–Trinajstić information content (AvgIpc) is 3.51. The maximum Gasteiger partial charge on any atom is 0.303 e. The van der Waals surface area contributed by atoms with Crippen LogP contribution in [0.2, 0.25) is 0 Å². The number of esters is 1. The van der Waals surface area contributed by atoms with Crippen molar-refractivity contribution in [2.75, 3.05) is 13.2 Å². The molecule has 8 atom stereocenters. The van der Waals surface area contributed by atoms with Crippen LogP contribution < -0.4 is 10.6 Å². The Kier molecular flexibility index (Phi) is 10.5. The van der Waals surface area contributed by atoms with E-state index < -0.39 is 92.0 Å². The monoisotopic (exact) mass is 670 g/mol. The van der Waals surface area contributed by atoms with Crippen LogP contribution >= 0.6 is 0 Å². The number of fused-ring (bicyclic) bond motifs is 2. The molecule has 5 rings (SSSR count). The number of ether oxygens (including phenoxy) is 4. The van der Waals surface area contributed by atoms with Gasteiger partial charge in [0.1, 0.15) is 30.5 Å². The molecule has 0 saturated carbocycles. The molecule has 0 aromatic heterocycles. The molecule has 0 radical (unpaired) electrons. The molecule has 2 aromatic carbocycles. The maximum atomic E-state index is 12.1. The zero-order valence-corrected chi connectivity index (χ0v) is 25.0. The van der Waals surface area contributed by atoms with Gasteiger partial charge in [0, 0.05) is 13.1 Å². The van der Waals surface area contributed by atoms with Crippen LogP contribution in [0.15, 0.2) is 46.4 Å². The summed E-state index contributed by atoms with van der Waals surface area (Å²) < 4.78 is 21.9. The van der Waals surface area contributed by atoms with E-state index >= 15 is 0 Å². The number of aliphatic hydroxyl groups is 5. The number of rotatable bonds is 12. The second kappa shape index (κ2) is 14.5. The van der Waals surface area contributed by atoms with E-state index in [4.69, 9.17) is 18.9 Å². The van der Waals surface area contributed by atoms with Crippen molar-refractivity contribution in [3.63, 3.8) is 0 Å². The Labute approximate surface area is 270 Å².